The van der Waals surface area contributed by atoms with Crippen LogP contribution in [0.2, 0.25) is 0 Å². The van der Waals surface area contributed by atoms with Crippen LogP contribution in [0.1, 0.15) is 29.8 Å². The first kappa shape index (κ1) is 22.6. The van der Waals surface area contributed by atoms with Gasteiger partial charge in [0.05, 0.1) is 23.2 Å². The molecule has 3 rings (SSSR count). The third-order valence-electron chi connectivity index (χ3n) is 4.76. The van der Waals surface area contributed by atoms with Gasteiger partial charge in [0.1, 0.15) is 17.5 Å². The topological polar surface area (TPSA) is 84.3 Å². The van der Waals surface area contributed by atoms with E-state index in [2.05, 4.69) is 10.4 Å². The van der Waals surface area contributed by atoms with Crippen LogP contribution >= 0.6 is 0 Å². The molecule has 1 heterocycles. The Morgan fingerprint density at radius 1 is 1.06 bits per heavy atom. The first-order valence-corrected chi connectivity index (χ1v) is 11.1. The number of anilines is 1. The van der Waals surface area contributed by atoms with Crippen LogP contribution in [0.15, 0.2) is 59.6 Å². The number of nitrogens with zero attached hydrogens (tertiary/aromatic N) is 3. The molecule has 0 aliphatic heterocycles. The molecule has 10 heteroatoms. The second kappa shape index (κ2) is 9.36. The van der Waals surface area contributed by atoms with Crippen molar-refractivity contribution in [2.75, 3.05) is 18.4 Å². The molecule has 0 bridgehead atoms. The molecule has 0 radical (unpaired) electrons. The van der Waals surface area contributed by atoms with Crippen LogP contribution < -0.4 is 5.32 Å². The standard InChI is InChI=1S/C21H22F2N4O3S/c1-3-26(4-2)31(29,30)16-9-10-19(23)17(13-16)21(28)25-20-11-12-24-27(20)14-15-7-5-6-8-18(15)22/h5-13H,3-4,14H2,1-2H3,(H,25,28). The third-order valence-corrected chi connectivity index (χ3v) is 6.81. The van der Waals surface area contributed by atoms with E-state index in [1.54, 1.807) is 32.0 Å². The van der Waals surface area contributed by atoms with Crippen LogP contribution in [0.3, 0.4) is 0 Å². The number of hydrogen-bond donors (Lipinski definition) is 1. The first-order valence-electron chi connectivity index (χ1n) is 9.64. The summed E-state index contributed by atoms with van der Waals surface area (Å²) in [7, 11) is -3.86. The summed E-state index contributed by atoms with van der Waals surface area (Å²) in [6.07, 6.45) is 1.41. The maximum Gasteiger partial charge on any atom is 0.259 e. The van der Waals surface area contributed by atoms with E-state index >= 15 is 0 Å². The Bertz CT molecular complexity index is 1190. The summed E-state index contributed by atoms with van der Waals surface area (Å²) in [5.74, 6) is -1.92. The van der Waals surface area contributed by atoms with Gasteiger partial charge in [0.25, 0.3) is 5.91 Å². The summed E-state index contributed by atoms with van der Waals surface area (Å²) in [5, 5.41) is 6.58. The molecule has 2 aromatic carbocycles. The highest BCUT2D eigenvalue weighted by Crippen LogP contribution is 2.21. The van der Waals surface area contributed by atoms with E-state index in [0.29, 0.717) is 5.56 Å². The summed E-state index contributed by atoms with van der Waals surface area (Å²) >= 11 is 0. The fourth-order valence-electron chi connectivity index (χ4n) is 3.09. The Kier molecular flexibility index (Phi) is 6.81. The Morgan fingerprint density at radius 3 is 2.45 bits per heavy atom. The van der Waals surface area contributed by atoms with Gasteiger partial charge in [0.15, 0.2) is 0 Å². The number of amides is 1. The molecule has 0 aliphatic rings. The van der Waals surface area contributed by atoms with Gasteiger partial charge < -0.3 is 5.32 Å². The number of nitrogens with one attached hydrogen (secondary N) is 1. The first-order chi connectivity index (χ1) is 14.8. The Balaban J connectivity index is 1.87. The molecule has 0 aliphatic carbocycles. The molecule has 0 atom stereocenters. The van der Waals surface area contributed by atoms with Crippen LogP contribution in [0.25, 0.3) is 0 Å². The molecule has 1 amide bonds. The van der Waals surface area contributed by atoms with Crippen molar-refractivity contribution in [3.8, 4) is 0 Å². The van der Waals surface area contributed by atoms with Gasteiger partial charge in [-0.25, -0.2) is 21.9 Å². The average molecular weight is 448 g/mol. The van der Waals surface area contributed by atoms with E-state index in [9.17, 15) is 22.0 Å². The van der Waals surface area contributed by atoms with Gasteiger partial charge in [-0.1, -0.05) is 32.0 Å². The van der Waals surface area contributed by atoms with Gasteiger partial charge in [0, 0.05) is 24.7 Å². The quantitative estimate of drug-likeness (QED) is 0.572. The molecule has 0 fully saturated rings. The van der Waals surface area contributed by atoms with Gasteiger partial charge in [-0.3, -0.25) is 4.79 Å². The Labute approximate surface area is 179 Å². The maximum atomic E-state index is 14.4. The fourth-order valence-corrected chi connectivity index (χ4v) is 4.57. The van der Waals surface area contributed by atoms with Gasteiger partial charge >= 0.3 is 0 Å². The second-order valence-corrected chi connectivity index (χ2v) is 8.59. The van der Waals surface area contributed by atoms with Gasteiger partial charge in [0.2, 0.25) is 10.0 Å². The molecule has 164 valence electrons. The van der Waals surface area contributed by atoms with Crippen molar-refractivity contribution in [1.82, 2.24) is 14.1 Å². The highest BCUT2D eigenvalue weighted by Gasteiger charge is 2.24. The van der Waals surface area contributed by atoms with Crippen LogP contribution in [-0.4, -0.2) is 41.5 Å². The minimum absolute atomic E-state index is 0.0497. The Morgan fingerprint density at radius 2 is 1.77 bits per heavy atom. The smallest absolute Gasteiger partial charge is 0.259 e. The molecule has 31 heavy (non-hydrogen) atoms. The van der Waals surface area contributed by atoms with Crippen LogP contribution in [0.5, 0.6) is 0 Å². The van der Waals surface area contributed by atoms with Crippen LogP contribution in [-0.2, 0) is 16.6 Å². The molecule has 3 aromatic rings. The lowest BCUT2D eigenvalue weighted by molar-refractivity contribution is 0.102. The highest BCUT2D eigenvalue weighted by molar-refractivity contribution is 7.89. The number of rotatable bonds is 8. The van der Waals surface area contributed by atoms with Crippen molar-refractivity contribution in [3.05, 3.63) is 77.5 Å². The van der Waals surface area contributed by atoms with E-state index < -0.39 is 33.1 Å². The van der Waals surface area contributed by atoms with Crippen molar-refractivity contribution < 1.29 is 22.0 Å². The molecular formula is C21H22F2N4O3S. The van der Waals surface area contributed by atoms with E-state index in [1.165, 1.54) is 27.3 Å². The number of sulfonamides is 1. The molecule has 1 N–H and O–H groups in total. The summed E-state index contributed by atoms with van der Waals surface area (Å²) in [6, 6.07) is 10.7. The number of carbonyl (C=O) groups excluding carboxylic acids is 1. The monoisotopic (exact) mass is 448 g/mol. The lowest BCUT2D eigenvalue weighted by Gasteiger charge is -2.19. The number of carbonyl (C=O) groups is 1. The summed E-state index contributed by atoms with van der Waals surface area (Å²) in [6.45, 7) is 3.91. The zero-order valence-corrected chi connectivity index (χ0v) is 17.9. The normalized spacial score (nSPS) is 11.6. The van der Waals surface area contributed by atoms with E-state index in [1.807, 2.05) is 0 Å². The zero-order chi connectivity index (χ0) is 22.6. The van der Waals surface area contributed by atoms with Gasteiger partial charge in [-0.05, 0) is 24.3 Å². The van der Waals surface area contributed by atoms with Crippen molar-refractivity contribution in [2.24, 2.45) is 0 Å². The molecular weight excluding hydrogens is 426 g/mol. The average Bonchev–Trinajstić information content (AvgIpc) is 3.17. The molecule has 0 saturated heterocycles. The van der Waals surface area contributed by atoms with Crippen LogP contribution in [0, 0.1) is 11.6 Å². The van der Waals surface area contributed by atoms with Gasteiger partial charge in [-0.2, -0.15) is 9.40 Å². The molecule has 7 nitrogen and oxygen atoms in total. The largest absolute Gasteiger partial charge is 0.307 e. The molecule has 0 spiro atoms. The predicted octanol–water partition coefficient (Wildman–Crippen LogP) is 3.49. The fraction of sp³-hybridized carbons (Fsp3) is 0.238. The van der Waals surface area contributed by atoms with Crippen molar-refractivity contribution in [1.29, 1.82) is 0 Å². The molecule has 1 aromatic heterocycles. The van der Waals surface area contributed by atoms with E-state index in [-0.39, 0.29) is 30.3 Å². The second-order valence-electron chi connectivity index (χ2n) is 6.65. The van der Waals surface area contributed by atoms with Crippen molar-refractivity contribution >= 4 is 21.7 Å². The SMILES string of the molecule is CCN(CC)S(=O)(=O)c1ccc(F)c(C(=O)Nc2ccnn2Cc2ccccc2F)c1. The minimum Gasteiger partial charge on any atom is -0.307 e. The van der Waals surface area contributed by atoms with Crippen molar-refractivity contribution in [2.45, 2.75) is 25.3 Å². The van der Waals surface area contributed by atoms with Crippen molar-refractivity contribution in [3.63, 3.8) is 0 Å². The third kappa shape index (κ3) is 4.80. The number of benzene rings is 2. The van der Waals surface area contributed by atoms with Gasteiger partial charge in [-0.15, -0.1) is 0 Å². The minimum atomic E-state index is -3.86. The molecule has 0 unspecified atom stereocenters. The highest BCUT2D eigenvalue weighted by atomic mass is 32.2. The number of aromatic nitrogens is 2. The maximum absolute atomic E-state index is 14.4. The number of halogens is 2. The lowest BCUT2D eigenvalue weighted by Crippen LogP contribution is -2.31. The van der Waals surface area contributed by atoms with Crippen LogP contribution in [0.4, 0.5) is 14.6 Å². The van der Waals surface area contributed by atoms with E-state index in [4.69, 9.17) is 0 Å². The lowest BCUT2D eigenvalue weighted by atomic mass is 10.2. The number of hydrogen-bond acceptors (Lipinski definition) is 4. The zero-order valence-electron chi connectivity index (χ0n) is 17.0. The predicted molar refractivity (Wildman–Crippen MR) is 112 cm³/mol. The summed E-state index contributed by atoms with van der Waals surface area (Å²) in [5.41, 5.74) is -0.0629. The summed E-state index contributed by atoms with van der Waals surface area (Å²) < 4.78 is 56.3. The van der Waals surface area contributed by atoms with E-state index in [0.717, 1.165) is 18.2 Å². The molecule has 0 saturated carbocycles. The Hall–Kier alpha value is -3.11. The summed E-state index contributed by atoms with van der Waals surface area (Å²) in [4.78, 5) is 12.5.